The Balaban J connectivity index is 1.77. The molecule has 0 atom stereocenters. The number of halogens is 1. The van der Waals surface area contributed by atoms with Gasteiger partial charge in [-0.3, -0.25) is 4.98 Å². The molecule has 1 heterocycles. The maximum absolute atomic E-state index is 10.8. The molecule has 90 valence electrons. The normalized spacial score (nSPS) is 10.4. The summed E-state index contributed by atoms with van der Waals surface area (Å²) in [5.41, 5.74) is -0.285. The molecule has 0 fully saturated rings. The van der Waals surface area contributed by atoms with Gasteiger partial charge in [-0.15, -0.1) is 11.8 Å². The summed E-state index contributed by atoms with van der Waals surface area (Å²) in [7, 11) is 0. The minimum Gasteiger partial charge on any atom is -0.482 e. The van der Waals surface area contributed by atoms with Crippen LogP contribution in [0.25, 0.3) is 0 Å². The van der Waals surface area contributed by atoms with Crippen molar-refractivity contribution in [3.63, 3.8) is 0 Å². The lowest BCUT2D eigenvalue weighted by atomic mass is 10.3. The van der Waals surface area contributed by atoms with Gasteiger partial charge in [0.2, 0.25) is 0 Å². The van der Waals surface area contributed by atoms with Gasteiger partial charge < -0.3 is 4.74 Å². The predicted octanol–water partition coefficient (Wildman–Crippen LogP) is 2.13. The first kappa shape index (κ1) is 12.3. The Hall–Kier alpha value is -1.21. The Bertz CT molecular complexity index is 540. The zero-order valence-corrected chi connectivity index (χ0v) is 11.2. The van der Waals surface area contributed by atoms with E-state index in [0.29, 0.717) is 17.5 Å². The third-order valence-electron chi connectivity index (χ3n) is 1.92. The van der Waals surface area contributed by atoms with E-state index in [-0.39, 0.29) is 5.69 Å². The van der Waals surface area contributed by atoms with Crippen LogP contribution < -0.4 is 10.4 Å². The molecule has 0 saturated heterocycles. The van der Waals surface area contributed by atoms with E-state index in [1.165, 1.54) is 11.8 Å². The van der Waals surface area contributed by atoms with Gasteiger partial charge in [-0.25, -0.2) is 9.89 Å². The second-order valence-electron chi connectivity index (χ2n) is 3.17. The van der Waals surface area contributed by atoms with Gasteiger partial charge in [0, 0.05) is 0 Å². The van der Waals surface area contributed by atoms with Gasteiger partial charge in [0.05, 0.1) is 10.2 Å². The van der Waals surface area contributed by atoms with Crippen molar-refractivity contribution in [3.8, 4) is 5.75 Å². The van der Waals surface area contributed by atoms with E-state index in [1.807, 2.05) is 24.3 Å². The number of aromatic amines is 2. The number of nitrogens with zero attached hydrogens (tertiary/aromatic N) is 1. The highest BCUT2D eigenvalue weighted by atomic mass is 79.9. The fourth-order valence-electron chi connectivity index (χ4n) is 1.18. The average molecular weight is 316 g/mol. The molecule has 0 aliphatic carbocycles. The van der Waals surface area contributed by atoms with E-state index in [2.05, 4.69) is 31.1 Å². The molecular formula is C10H10BrN3O2S. The summed E-state index contributed by atoms with van der Waals surface area (Å²) in [6.07, 6.45) is 0. The number of H-pyrrole nitrogens is 2. The number of aromatic nitrogens is 3. The molecule has 0 amide bonds. The summed E-state index contributed by atoms with van der Waals surface area (Å²) >= 11 is 4.93. The number of benzene rings is 1. The zero-order chi connectivity index (χ0) is 12.1. The minimum atomic E-state index is -0.285. The molecule has 17 heavy (non-hydrogen) atoms. The highest BCUT2D eigenvalue weighted by molar-refractivity contribution is 9.10. The molecule has 0 saturated carbocycles. The lowest BCUT2D eigenvalue weighted by Gasteiger charge is -2.06. The molecule has 5 nitrogen and oxygen atoms in total. The molecule has 2 N–H and O–H groups in total. The Morgan fingerprint density at radius 1 is 1.41 bits per heavy atom. The van der Waals surface area contributed by atoms with Gasteiger partial charge in [-0.05, 0) is 28.1 Å². The Kier molecular flexibility index (Phi) is 4.27. The van der Waals surface area contributed by atoms with Crippen LogP contribution in [0.15, 0.2) is 33.5 Å². The van der Waals surface area contributed by atoms with Crippen LogP contribution in [0.3, 0.4) is 0 Å². The van der Waals surface area contributed by atoms with Crippen LogP contribution in [0, 0.1) is 0 Å². The maximum Gasteiger partial charge on any atom is 0.340 e. The molecule has 0 spiro atoms. The summed E-state index contributed by atoms with van der Waals surface area (Å²) < 4.78 is 6.48. The molecule has 0 bridgehead atoms. The van der Waals surface area contributed by atoms with Crippen LogP contribution in [0.5, 0.6) is 5.75 Å². The van der Waals surface area contributed by atoms with E-state index in [0.717, 1.165) is 10.2 Å². The van der Waals surface area contributed by atoms with Crippen molar-refractivity contribution in [2.24, 2.45) is 0 Å². The summed E-state index contributed by atoms with van der Waals surface area (Å²) in [4.78, 5) is 13.3. The number of hydrogen-bond acceptors (Lipinski definition) is 4. The number of rotatable bonds is 5. The van der Waals surface area contributed by atoms with E-state index in [1.54, 1.807) is 0 Å². The van der Waals surface area contributed by atoms with E-state index < -0.39 is 0 Å². The number of ether oxygens (including phenoxy) is 1. The maximum atomic E-state index is 10.8. The van der Waals surface area contributed by atoms with Crippen LogP contribution in [0.4, 0.5) is 0 Å². The number of para-hydroxylation sites is 1. The second kappa shape index (κ2) is 5.92. The minimum absolute atomic E-state index is 0.285. The summed E-state index contributed by atoms with van der Waals surface area (Å²) in [6, 6.07) is 7.65. The fraction of sp³-hybridized carbons (Fsp3) is 0.200. The standard InChI is InChI=1S/C10H10BrN3O2S/c11-7-3-1-2-4-8(7)16-6-17-5-9-12-10(15)14-13-9/h1-4H,5-6H2,(H2,12,13,14,15). The second-order valence-corrected chi connectivity index (χ2v) is 4.95. The van der Waals surface area contributed by atoms with Gasteiger partial charge >= 0.3 is 5.69 Å². The summed E-state index contributed by atoms with van der Waals surface area (Å²) in [5, 5.41) is 6.11. The Labute approximate surface area is 110 Å². The fourth-order valence-corrected chi connectivity index (χ4v) is 2.20. The average Bonchev–Trinajstić information content (AvgIpc) is 2.73. The quantitative estimate of drug-likeness (QED) is 0.655. The van der Waals surface area contributed by atoms with E-state index in [4.69, 9.17) is 4.74 Å². The molecule has 1 aromatic carbocycles. The van der Waals surface area contributed by atoms with Gasteiger partial charge in [-0.2, -0.15) is 5.10 Å². The Morgan fingerprint density at radius 3 is 2.94 bits per heavy atom. The van der Waals surface area contributed by atoms with Gasteiger partial charge in [0.1, 0.15) is 17.5 Å². The van der Waals surface area contributed by atoms with Crippen molar-refractivity contribution >= 4 is 27.7 Å². The highest BCUT2D eigenvalue weighted by Crippen LogP contribution is 2.24. The van der Waals surface area contributed by atoms with Crippen molar-refractivity contribution < 1.29 is 4.74 Å². The summed E-state index contributed by atoms with van der Waals surface area (Å²) in [6.45, 7) is 0. The number of nitrogens with one attached hydrogen (secondary N) is 2. The first-order valence-electron chi connectivity index (χ1n) is 4.84. The molecule has 2 rings (SSSR count). The molecule has 0 unspecified atom stereocenters. The van der Waals surface area contributed by atoms with Crippen LogP contribution in [0.1, 0.15) is 5.82 Å². The lowest BCUT2D eigenvalue weighted by molar-refractivity contribution is 0.390. The molecular weight excluding hydrogens is 306 g/mol. The van der Waals surface area contributed by atoms with Crippen molar-refractivity contribution in [2.75, 3.05) is 5.94 Å². The van der Waals surface area contributed by atoms with Gasteiger partial charge in [0.25, 0.3) is 0 Å². The SMILES string of the molecule is O=c1[nH]nc(CSCOc2ccccc2Br)[nH]1. The summed E-state index contributed by atoms with van der Waals surface area (Å²) in [5.74, 6) is 2.52. The first-order valence-corrected chi connectivity index (χ1v) is 6.79. The zero-order valence-electron chi connectivity index (χ0n) is 8.77. The van der Waals surface area contributed by atoms with Gasteiger partial charge in [0.15, 0.2) is 0 Å². The highest BCUT2D eigenvalue weighted by Gasteiger charge is 2.01. The molecule has 7 heteroatoms. The molecule has 0 aliphatic rings. The number of hydrogen-bond donors (Lipinski definition) is 2. The first-order chi connectivity index (χ1) is 8.25. The van der Waals surface area contributed by atoms with Crippen LogP contribution >= 0.6 is 27.7 Å². The largest absolute Gasteiger partial charge is 0.482 e. The van der Waals surface area contributed by atoms with Crippen LogP contribution in [-0.2, 0) is 5.75 Å². The smallest absolute Gasteiger partial charge is 0.340 e. The predicted molar refractivity (Wildman–Crippen MR) is 70.1 cm³/mol. The van der Waals surface area contributed by atoms with E-state index >= 15 is 0 Å². The topological polar surface area (TPSA) is 70.8 Å². The molecule has 2 aromatic rings. The van der Waals surface area contributed by atoms with Crippen molar-refractivity contribution in [3.05, 3.63) is 45.0 Å². The molecule has 0 radical (unpaired) electrons. The lowest BCUT2D eigenvalue weighted by Crippen LogP contribution is -2.01. The molecule has 0 aliphatic heterocycles. The van der Waals surface area contributed by atoms with Crippen molar-refractivity contribution in [1.29, 1.82) is 0 Å². The number of thioether (sulfide) groups is 1. The van der Waals surface area contributed by atoms with Crippen LogP contribution in [0.2, 0.25) is 0 Å². The van der Waals surface area contributed by atoms with Gasteiger partial charge in [-0.1, -0.05) is 12.1 Å². The monoisotopic (exact) mass is 315 g/mol. The van der Waals surface area contributed by atoms with Crippen molar-refractivity contribution in [2.45, 2.75) is 5.75 Å². The van der Waals surface area contributed by atoms with E-state index in [9.17, 15) is 4.79 Å². The third-order valence-corrected chi connectivity index (χ3v) is 3.34. The third kappa shape index (κ3) is 3.64. The molecule has 1 aromatic heterocycles. The Morgan fingerprint density at radius 2 is 2.24 bits per heavy atom. The van der Waals surface area contributed by atoms with Crippen molar-refractivity contribution in [1.82, 2.24) is 15.2 Å². The van der Waals surface area contributed by atoms with Crippen LogP contribution in [-0.4, -0.2) is 21.1 Å².